The van der Waals surface area contributed by atoms with Gasteiger partial charge in [0, 0.05) is 6.20 Å². The summed E-state index contributed by atoms with van der Waals surface area (Å²) in [4.78, 5) is 4.15. The topological polar surface area (TPSA) is 49.3 Å². The highest BCUT2D eigenvalue weighted by atomic mass is 32.1. The number of rotatable bonds is 3. The van der Waals surface area contributed by atoms with Gasteiger partial charge in [0.25, 0.3) is 0 Å². The number of thiocarbonyl (C=S) groups is 1. The minimum atomic E-state index is 0.379. The third kappa shape index (κ3) is 4.07. The lowest BCUT2D eigenvalue weighted by molar-refractivity contribution is 0.943. The zero-order valence-corrected chi connectivity index (χ0v) is 9.71. The summed E-state index contributed by atoms with van der Waals surface area (Å²) in [7, 11) is 0. The van der Waals surface area contributed by atoms with Crippen LogP contribution in [0.1, 0.15) is 12.6 Å². The monoisotopic (exact) mass is 232 g/mol. The first-order valence-electron chi connectivity index (χ1n) is 4.67. The molecule has 16 heavy (non-hydrogen) atoms. The van der Waals surface area contributed by atoms with E-state index in [9.17, 15) is 0 Å². The smallest absolute Gasteiger partial charge is 0.187 e. The Morgan fingerprint density at radius 3 is 3.06 bits per heavy atom. The molecule has 0 fully saturated rings. The maximum absolute atomic E-state index is 5.08. The lowest BCUT2D eigenvalue weighted by Crippen LogP contribution is -2.32. The second-order valence-corrected chi connectivity index (χ2v) is 3.32. The molecule has 1 rings (SSSR count). The van der Waals surface area contributed by atoms with E-state index < -0.39 is 0 Å². The fourth-order valence-electron chi connectivity index (χ4n) is 0.940. The molecule has 5 heteroatoms. The van der Waals surface area contributed by atoms with Crippen molar-refractivity contribution in [2.24, 2.45) is 5.10 Å². The summed E-state index contributed by atoms with van der Waals surface area (Å²) in [5, 5.41) is 7.27. The van der Waals surface area contributed by atoms with Crippen molar-refractivity contribution in [3.8, 4) is 12.3 Å². The highest BCUT2D eigenvalue weighted by Crippen LogP contribution is 1.94. The lowest BCUT2D eigenvalue weighted by Gasteiger charge is -2.04. The normalized spacial score (nSPS) is 10.4. The van der Waals surface area contributed by atoms with Crippen LogP contribution in [0.4, 0.5) is 0 Å². The number of hydrogen-bond donors (Lipinski definition) is 2. The van der Waals surface area contributed by atoms with Crippen LogP contribution in [-0.2, 0) is 0 Å². The summed E-state index contributed by atoms with van der Waals surface area (Å²) in [6, 6.07) is 5.62. The van der Waals surface area contributed by atoms with Crippen molar-refractivity contribution in [2.45, 2.75) is 6.92 Å². The van der Waals surface area contributed by atoms with E-state index in [1.807, 2.05) is 25.1 Å². The number of pyridine rings is 1. The Morgan fingerprint density at radius 1 is 1.62 bits per heavy atom. The zero-order valence-electron chi connectivity index (χ0n) is 8.90. The maximum Gasteiger partial charge on any atom is 0.187 e. The van der Waals surface area contributed by atoms with E-state index in [2.05, 4.69) is 26.7 Å². The minimum Gasteiger partial charge on any atom is -0.350 e. The molecule has 2 N–H and O–H groups in total. The summed E-state index contributed by atoms with van der Waals surface area (Å²) >= 11 is 4.94. The standard InChI is InChI=1S/C11H12N4S/c1-3-7-13-11(16)15-14-9(2)10-6-4-5-8-12-10/h1,4-6,8H,7H2,2H3,(H2,13,15,16). The fourth-order valence-corrected chi connectivity index (χ4v) is 1.06. The Balaban J connectivity index is 2.52. The largest absolute Gasteiger partial charge is 0.350 e. The van der Waals surface area contributed by atoms with Gasteiger partial charge in [0.05, 0.1) is 18.0 Å². The number of nitrogens with zero attached hydrogens (tertiary/aromatic N) is 2. The molecule has 0 amide bonds. The van der Waals surface area contributed by atoms with E-state index in [4.69, 9.17) is 18.6 Å². The number of hydrazone groups is 1. The minimum absolute atomic E-state index is 0.379. The molecule has 1 aromatic heterocycles. The van der Waals surface area contributed by atoms with Gasteiger partial charge in [-0.2, -0.15) is 5.10 Å². The molecule has 0 atom stereocenters. The molecule has 0 spiro atoms. The predicted octanol–water partition coefficient (Wildman–Crippen LogP) is 0.903. The van der Waals surface area contributed by atoms with Crippen LogP contribution in [0, 0.1) is 12.3 Å². The first kappa shape index (κ1) is 12.1. The number of hydrogen-bond acceptors (Lipinski definition) is 3. The van der Waals surface area contributed by atoms with Crippen LogP contribution in [0.25, 0.3) is 0 Å². The Morgan fingerprint density at radius 2 is 2.44 bits per heavy atom. The fraction of sp³-hybridized carbons (Fsp3) is 0.182. The summed E-state index contributed by atoms with van der Waals surface area (Å²) in [6.45, 7) is 2.23. The lowest BCUT2D eigenvalue weighted by atomic mass is 10.3. The third-order valence-corrected chi connectivity index (χ3v) is 1.95. The second-order valence-electron chi connectivity index (χ2n) is 2.91. The molecule has 1 aromatic rings. The van der Waals surface area contributed by atoms with Gasteiger partial charge < -0.3 is 5.32 Å². The highest BCUT2D eigenvalue weighted by molar-refractivity contribution is 7.80. The van der Waals surface area contributed by atoms with Crippen molar-refractivity contribution in [3.63, 3.8) is 0 Å². The van der Waals surface area contributed by atoms with Gasteiger partial charge in [-0.15, -0.1) is 6.42 Å². The number of aromatic nitrogens is 1. The summed E-state index contributed by atoms with van der Waals surface area (Å²) in [5.74, 6) is 2.42. The Kier molecular flexibility index (Phi) is 4.96. The molecule has 0 saturated heterocycles. The van der Waals surface area contributed by atoms with Gasteiger partial charge in [-0.05, 0) is 31.3 Å². The average Bonchev–Trinajstić information content (AvgIpc) is 2.34. The molecule has 0 radical (unpaired) electrons. The van der Waals surface area contributed by atoms with Crippen LogP contribution in [-0.4, -0.2) is 22.4 Å². The molecule has 0 aliphatic rings. The molecular weight excluding hydrogens is 220 g/mol. The Hall–Kier alpha value is -1.93. The van der Waals surface area contributed by atoms with E-state index >= 15 is 0 Å². The predicted molar refractivity (Wildman–Crippen MR) is 69.0 cm³/mol. The zero-order chi connectivity index (χ0) is 11.8. The Bertz CT molecular complexity index is 419. The maximum atomic E-state index is 5.08. The van der Waals surface area contributed by atoms with E-state index in [1.54, 1.807) is 6.20 Å². The van der Waals surface area contributed by atoms with Crippen LogP contribution in [0.15, 0.2) is 29.5 Å². The molecule has 0 saturated carbocycles. The van der Waals surface area contributed by atoms with Crippen molar-refractivity contribution >= 4 is 23.0 Å². The van der Waals surface area contributed by atoms with Crippen LogP contribution < -0.4 is 10.7 Å². The summed E-state index contributed by atoms with van der Waals surface area (Å²) in [6.07, 6.45) is 6.79. The van der Waals surface area contributed by atoms with E-state index in [0.29, 0.717) is 11.7 Å². The molecule has 4 nitrogen and oxygen atoms in total. The molecule has 82 valence electrons. The van der Waals surface area contributed by atoms with Crippen molar-refractivity contribution < 1.29 is 0 Å². The van der Waals surface area contributed by atoms with E-state index in [0.717, 1.165) is 11.4 Å². The van der Waals surface area contributed by atoms with Gasteiger partial charge in [-0.25, -0.2) is 0 Å². The summed E-state index contributed by atoms with van der Waals surface area (Å²) < 4.78 is 0. The van der Waals surface area contributed by atoms with Crippen molar-refractivity contribution in [2.75, 3.05) is 6.54 Å². The molecule has 1 heterocycles. The molecular formula is C11H12N4S. The second kappa shape index (κ2) is 6.53. The quantitative estimate of drug-likeness (QED) is 0.352. The summed E-state index contributed by atoms with van der Waals surface area (Å²) in [5.41, 5.74) is 4.24. The molecule has 0 aliphatic carbocycles. The Labute approximate surface area is 100 Å². The van der Waals surface area contributed by atoms with E-state index in [1.165, 1.54) is 0 Å². The van der Waals surface area contributed by atoms with Crippen molar-refractivity contribution in [3.05, 3.63) is 30.1 Å². The van der Waals surface area contributed by atoms with Gasteiger partial charge in [-0.3, -0.25) is 10.4 Å². The first-order valence-corrected chi connectivity index (χ1v) is 5.08. The van der Waals surface area contributed by atoms with Gasteiger partial charge in [-0.1, -0.05) is 12.0 Å². The molecule has 0 aliphatic heterocycles. The van der Waals surface area contributed by atoms with Gasteiger partial charge in [0.15, 0.2) is 5.11 Å². The van der Waals surface area contributed by atoms with Crippen molar-refractivity contribution in [1.82, 2.24) is 15.7 Å². The highest BCUT2D eigenvalue weighted by Gasteiger charge is 1.97. The molecule has 0 unspecified atom stereocenters. The van der Waals surface area contributed by atoms with Gasteiger partial charge in [0.2, 0.25) is 0 Å². The SMILES string of the molecule is C#CCNC(=S)NN=C(C)c1ccccn1. The van der Waals surface area contributed by atoms with Crippen LogP contribution in [0.3, 0.4) is 0 Å². The van der Waals surface area contributed by atoms with Crippen molar-refractivity contribution in [1.29, 1.82) is 0 Å². The van der Waals surface area contributed by atoms with Crippen LogP contribution in [0.2, 0.25) is 0 Å². The third-order valence-electron chi connectivity index (χ3n) is 1.71. The van der Waals surface area contributed by atoms with Gasteiger partial charge >= 0.3 is 0 Å². The first-order chi connectivity index (χ1) is 7.74. The average molecular weight is 232 g/mol. The van der Waals surface area contributed by atoms with Crippen LogP contribution >= 0.6 is 12.2 Å². The van der Waals surface area contributed by atoms with Crippen LogP contribution in [0.5, 0.6) is 0 Å². The number of terminal acetylenes is 1. The molecule has 0 aromatic carbocycles. The molecule has 0 bridgehead atoms. The van der Waals surface area contributed by atoms with E-state index in [-0.39, 0.29) is 0 Å². The van der Waals surface area contributed by atoms with Gasteiger partial charge in [0.1, 0.15) is 0 Å². The number of nitrogens with one attached hydrogen (secondary N) is 2.